The fourth-order valence-electron chi connectivity index (χ4n) is 2.27. The first-order valence-electron chi connectivity index (χ1n) is 8.17. The van der Waals surface area contributed by atoms with E-state index in [1.165, 1.54) is 17.7 Å². The Labute approximate surface area is 147 Å². The highest BCUT2D eigenvalue weighted by Gasteiger charge is 2.04. The van der Waals surface area contributed by atoms with Gasteiger partial charge in [0, 0.05) is 20.1 Å². The number of nitrogens with one attached hydrogen (secondary N) is 3. The first-order valence-corrected chi connectivity index (χ1v) is 8.17. The smallest absolute Gasteiger partial charge is 0.239 e. The molecule has 0 aliphatic rings. The molecule has 0 unspecified atom stereocenters. The average Bonchev–Trinajstić information content (AvgIpc) is 2.63. The van der Waals surface area contributed by atoms with Crippen LogP contribution in [0.2, 0.25) is 0 Å². The number of benzene rings is 2. The molecule has 0 radical (unpaired) electrons. The van der Waals surface area contributed by atoms with Crippen LogP contribution >= 0.6 is 0 Å². The van der Waals surface area contributed by atoms with E-state index in [1.807, 2.05) is 36.4 Å². The summed E-state index contributed by atoms with van der Waals surface area (Å²) in [4.78, 5) is 15.9. The standard InChI is InChI=1S/C19H23FN4O/c1-21-19(23-13-16-8-5-9-17(20)12-16)24-14-18(25)22-11-10-15-6-3-2-4-7-15/h2-9,12H,10-11,13-14H2,1H3,(H,22,25)(H2,21,23,24). The number of carbonyl (C=O) groups is 1. The monoisotopic (exact) mass is 342 g/mol. The van der Waals surface area contributed by atoms with E-state index in [1.54, 1.807) is 13.1 Å². The van der Waals surface area contributed by atoms with Gasteiger partial charge in [0.25, 0.3) is 0 Å². The van der Waals surface area contributed by atoms with Gasteiger partial charge in [-0.15, -0.1) is 0 Å². The van der Waals surface area contributed by atoms with Crippen LogP contribution in [0.1, 0.15) is 11.1 Å². The molecule has 1 amide bonds. The zero-order valence-electron chi connectivity index (χ0n) is 14.3. The number of nitrogens with zero attached hydrogens (tertiary/aromatic N) is 1. The van der Waals surface area contributed by atoms with Gasteiger partial charge in [-0.2, -0.15) is 0 Å². The van der Waals surface area contributed by atoms with E-state index in [-0.39, 0.29) is 18.3 Å². The van der Waals surface area contributed by atoms with Crippen molar-refractivity contribution in [2.24, 2.45) is 4.99 Å². The van der Waals surface area contributed by atoms with E-state index >= 15 is 0 Å². The lowest BCUT2D eigenvalue weighted by Gasteiger charge is -2.12. The molecule has 25 heavy (non-hydrogen) atoms. The molecule has 2 aromatic carbocycles. The number of carbonyl (C=O) groups excluding carboxylic acids is 1. The normalized spacial score (nSPS) is 11.0. The molecule has 0 fully saturated rings. The Morgan fingerprint density at radius 3 is 2.48 bits per heavy atom. The summed E-state index contributed by atoms with van der Waals surface area (Å²) in [7, 11) is 1.62. The summed E-state index contributed by atoms with van der Waals surface area (Å²) in [6.07, 6.45) is 0.791. The van der Waals surface area contributed by atoms with Gasteiger partial charge in [0.1, 0.15) is 5.82 Å². The molecule has 0 aromatic heterocycles. The SMILES string of the molecule is CN=C(NCC(=O)NCCc1ccccc1)NCc1cccc(F)c1. The lowest BCUT2D eigenvalue weighted by molar-refractivity contribution is -0.119. The number of amides is 1. The molecule has 0 aliphatic carbocycles. The molecule has 0 saturated heterocycles. The lowest BCUT2D eigenvalue weighted by atomic mass is 10.1. The fourth-order valence-corrected chi connectivity index (χ4v) is 2.27. The van der Waals surface area contributed by atoms with Crippen molar-refractivity contribution < 1.29 is 9.18 Å². The van der Waals surface area contributed by atoms with E-state index in [0.29, 0.717) is 19.0 Å². The Morgan fingerprint density at radius 2 is 1.76 bits per heavy atom. The van der Waals surface area contributed by atoms with Gasteiger partial charge in [-0.3, -0.25) is 9.79 Å². The predicted octanol–water partition coefficient (Wildman–Crippen LogP) is 1.85. The topological polar surface area (TPSA) is 65.5 Å². The summed E-state index contributed by atoms with van der Waals surface area (Å²) < 4.78 is 13.1. The number of aliphatic imine (C=N–C) groups is 1. The van der Waals surface area contributed by atoms with Crippen LogP contribution < -0.4 is 16.0 Å². The molecule has 2 aromatic rings. The predicted molar refractivity (Wildman–Crippen MR) is 97.8 cm³/mol. The molecule has 0 atom stereocenters. The van der Waals surface area contributed by atoms with Gasteiger partial charge in [-0.1, -0.05) is 42.5 Å². The Balaban J connectivity index is 1.66. The van der Waals surface area contributed by atoms with Crippen LogP contribution in [0.5, 0.6) is 0 Å². The highest BCUT2D eigenvalue weighted by atomic mass is 19.1. The number of hydrogen-bond donors (Lipinski definition) is 3. The minimum Gasteiger partial charge on any atom is -0.354 e. The molecular formula is C19H23FN4O. The first kappa shape index (κ1) is 18.4. The summed E-state index contributed by atoms with van der Waals surface area (Å²) in [6.45, 7) is 1.13. The quantitative estimate of drug-likeness (QED) is 0.531. The summed E-state index contributed by atoms with van der Waals surface area (Å²) in [6, 6.07) is 16.3. The summed E-state index contributed by atoms with van der Waals surface area (Å²) >= 11 is 0. The Kier molecular flexibility index (Phi) is 7.43. The second-order valence-corrected chi connectivity index (χ2v) is 5.49. The van der Waals surface area contributed by atoms with Crippen LogP contribution in [-0.2, 0) is 17.8 Å². The molecule has 3 N–H and O–H groups in total. The Bertz CT molecular complexity index is 704. The fraction of sp³-hybridized carbons (Fsp3) is 0.263. The second kappa shape index (κ2) is 10.1. The van der Waals surface area contributed by atoms with E-state index in [0.717, 1.165) is 12.0 Å². The second-order valence-electron chi connectivity index (χ2n) is 5.49. The first-order chi connectivity index (χ1) is 12.2. The third kappa shape index (κ3) is 7.03. The van der Waals surface area contributed by atoms with Crippen molar-refractivity contribution in [3.8, 4) is 0 Å². The van der Waals surface area contributed by atoms with E-state index < -0.39 is 0 Å². The van der Waals surface area contributed by atoms with Gasteiger partial charge in [0.05, 0.1) is 6.54 Å². The number of hydrogen-bond acceptors (Lipinski definition) is 2. The number of halogens is 1. The van der Waals surface area contributed by atoms with E-state index in [4.69, 9.17) is 0 Å². The van der Waals surface area contributed by atoms with Crippen LogP contribution in [0.25, 0.3) is 0 Å². The van der Waals surface area contributed by atoms with Gasteiger partial charge in [-0.05, 0) is 29.7 Å². The molecular weight excluding hydrogens is 319 g/mol. The van der Waals surface area contributed by atoms with Crippen LogP contribution in [0.3, 0.4) is 0 Å². The van der Waals surface area contributed by atoms with Gasteiger partial charge < -0.3 is 16.0 Å². The summed E-state index contributed by atoms with van der Waals surface area (Å²) in [5.74, 6) is 0.104. The van der Waals surface area contributed by atoms with Crippen molar-refractivity contribution in [2.45, 2.75) is 13.0 Å². The van der Waals surface area contributed by atoms with Crippen LogP contribution in [0.15, 0.2) is 59.6 Å². The van der Waals surface area contributed by atoms with E-state index in [9.17, 15) is 9.18 Å². The number of guanidine groups is 1. The van der Waals surface area contributed by atoms with Crippen molar-refractivity contribution in [3.63, 3.8) is 0 Å². The van der Waals surface area contributed by atoms with Crippen molar-refractivity contribution in [1.82, 2.24) is 16.0 Å². The zero-order valence-corrected chi connectivity index (χ0v) is 14.3. The molecule has 0 heterocycles. The van der Waals surface area contributed by atoms with E-state index in [2.05, 4.69) is 20.9 Å². The van der Waals surface area contributed by atoms with Crippen molar-refractivity contribution >= 4 is 11.9 Å². The lowest BCUT2D eigenvalue weighted by Crippen LogP contribution is -2.43. The highest BCUT2D eigenvalue weighted by Crippen LogP contribution is 2.02. The zero-order chi connectivity index (χ0) is 17.9. The van der Waals surface area contributed by atoms with Gasteiger partial charge in [-0.25, -0.2) is 4.39 Å². The van der Waals surface area contributed by atoms with Crippen molar-refractivity contribution in [2.75, 3.05) is 20.1 Å². The molecule has 6 heteroatoms. The minimum atomic E-state index is -0.278. The molecule has 132 valence electrons. The summed E-state index contributed by atoms with van der Waals surface area (Å²) in [5, 5.41) is 8.84. The van der Waals surface area contributed by atoms with Gasteiger partial charge in [0.15, 0.2) is 5.96 Å². The molecule has 0 bridgehead atoms. The highest BCUT2D eigenvalue weighted by molar-refractivity contribution is 5.86. The molecule has 5 nitrogen and oxygen atoms in total. The molecule has 0 aliphatic heterocycles. The van der Waals surface area contributed by atoms with Gasteiger partial charge >= 0.3 is 0 Å². The summed E-state index contributed by atoms with van der Waals surface area (Å²) in [5.41, 5.74) is 1.98. The van der Waals surface area contributed by atoms with Crippen LogP contribution in [0.4, 0.5) is 4.39 Å². The Hall–Kier alpha value is -2.89. The maximum atomic E-state index is 13.1. The average molecular weight is 342 g/mol. The van der Waals surface area contributed by atoms with Crippen molar-refractivity contribution in [3.05, 3.63) is 71.5 Å². The van der Waals surface area contributed by atoms with Crippen molar-refractivity contribution in [1.29, 1.82) is 0 Å². The molecule has 0 spiro atoms. The Morgan fingerprint density at radius 1 is 1.00 bits per heavy atom. The third-order valence-corrected chi connectivity index (χ3v) is 3.57. The van der Waals surface area contributed by atoms with Crippen LogP contribution in [-0.4, -0.2) is 32.0 Å². The third-order valence-electron chi connectivity index (χ3n) is 3.57. The van der Waals surface area contributed by atoms with Gasteiger partial charge in [0.2, 0.25) is 5.91 Å². The maximum Gasteiger partial charge on any atom is 0.239 e. The molecule has 2 rings (SSSR count). The maximum absolute atomic E-state index is 13.1. The number of rotatable bonds is 7. The largest absolute Gasteiger partial charge is 0.354 e. The minimum absolute atomic E-state index is 0.107. The molecule has 0 saturated carbocycles. The van der Waals surface area contributed by atoms with Crippen LogP contribution in [0, 0.1) is 5.82 Å².